The average molecular weight is 292 g/mol. The van der Waals surface area contributed by atoms with E-state index < -0.39 is 16.0 Å². The quantitative estimate of drug-likeness (QED) is 0.788. The standard InChI is InChI=1S/C11H14ClNO4S/c1-8-4-5-9(12)6-10(8)18(15,16)13(2)7-11(14)17-3/h4-6H,7H2,1-3H3. The van der Waals surface area contributed by atoms with Crippen LogP contribution in [0.1, 0.15) is 5.56 Å². The second-order valence-corrected chi connectivity index (χ2v) is 6.20. The maximum absolute atomic E-state index is 12.2. The highest BCUT2D eigenvalue weighted by atomic mass is 35.5. The first-order valence-corrected chi connectivity index (χ1v) is 6.90. The first kappa shape index (κ1) is 14.9. The molecule has 100 valence electrons. The van der Waals surface area contributed by atoms with Gasteiger partial charge in [-0.05, 0) is 24.6 Å². The highest BCUT2D eigenvalue weighted by Gasteiger charge is 2.25. The molecule has 0 aliphatic heterocycles. The molecule has 0 aromatic heterocycles. The van der Waals surface area contributed by atoms with Crippen molar-refractivity contribution in [1.29, 1.82) is 0 Å². The number of benzene rings is 1. The molecule has 0 atom stereocenters. The van der Waals surface area contributed by atoms with Gasteiger partial charge in [-0.2, -0.15) is 4.31 Å². The summed E-state index contributed by atoms with van der Waals surface area (Å²) in [4.78, 5) is 11.2. The number of carbonyl (C=O) groups excluding carboxylic acids is 1. The summed E-state index contributed by atoms with van der Waals surface area (Å²) in [6.07, 6.45) is 0. The Kier molecular flexibility index (Phi) is 4.72. The Morgan fingerprint density at radius 3 is 2.61 bits per heavy atom. The van der Waals surface area contributed by atoms with Crippen molar-refractivity contribution in [3.8, 4) is 0 Å². The monoisotopic (exact) mass is 291 g/mol. The zero-order valence-electron chi connectivity index (χ0n) is 10.3. The third kappa shape index (κ3) is 3.22. The molecule has 1 rings (SSSR count). The number of ether oxygens (including phenoxy) is 1. The number of esters is 1. The van der Waals surface area contributed by atoms with Crippen LogP contribution < -0.4 is 0 Å². The molecular formula is C11H14ClNO4S. The SMILES string of the molecule is COC(=O)CN(C)S(=O)(=O)c1cc(Cl)ccc1C. The molecule has 7 heteroatoms. The van der Waals surface area contributed by atoms with Crippen molar-refractivity contribution < 1.29 is 17.9 Å². The van der Waals surface area contributed by atoms with E-state index in [0.717, 1.165) is 4.31 Å². The summed E-state index contributed by atoms with van der Waals surface area (Å²) < 4.78 is 29.8. The predicted molar refractivity (Wildman–Crippen MR) is 68.0 cm³/mol. The number of carbonyl (C=O) groups is 1. The van der Waals surface area contributed by atoms with E-state index in [2.05, 4.69) is 4.74 Å². The van der Waals surface area contributed by atoms with Gasteiger partial charge in [0.1, 0.15) is 6.54 Å². The number of hydrogen-bond acceptors (Lipinski definition) is 4. The topological polar surface area (TPSA) is 63.7 Å². The van der Waals surface area contributed by atoms with Gasteiger partial charge in [0, 0.05) is 12.1 Å². The first-order chi connectivity index (χ1) is 8.28. The zero-order valence-corrected chi connectivity index (χ0v) is 11.9. The Morgan fingerprint density at radius 1 is 1.44 bits per heavy atom. The van der Waals surface area contributed by atoms with E-state index in [1.165, 1.54) is 20.2 Å². The summed E-state index contributed by atoms with van der Waals surface area (Å²) in [5, 5.41) is 0.325. The second-order valence-electron chi connectivity index (χ2n) is 3.75. The van der Waals surface area contributed by atoms with Crippen LogP contribution in [-0.4, -0.2) is 39.4 Å². The average Bonchev–Trinajstić information content (AvgIpc) is 2.31. The van der Waals surface area contributed by atoms with Crippen LogP contribution in [0, 0.1) is 6.92 Å². The summed E-state index contributed by atoms with van der Waals surface area (Å²) in [5.74, 6) is -0.624. The lowest BCUT2D eigenvalue weighted by Gasteiger charge is -2.17. The molecule has 0 unspecified atom stereocenters. The number of methoxy groups -OCH3 is 1. The molecule has 1 aromatic rings. The number of nitrogens with zero attached hydrogens (tertiary/aromatic N) is 1. The third-order valence-corrected chi connectivity index (χ3v) is 4.60. The fourth-order valence-corrected chi connectivity index (χ4v) is 2.95. The Morgan fingerprint density at radius 2 is 2.06 bits per heavy atom. The number of likely N-dealkylation sites (N-methyl/N-ethyl adjacent to an activating group) is 1. The zero-order chi connectivity index (χ0) is 13.9. The number of aryl methyl sites for hydroxylation is 1. The van der Waals surface area contributed by atoms with Crippen LogP contribution >= 0.6 is 11.6 Å². The van der Waals surface area contributed by atoms with Gasteiger partial charge in [0.2, 0.25) is 10.0 Å². The Hall–Kier alpha value is -1.11. The number of rotatable bonds is 4. The maximum atomic E-state index is 12.2. The molecule has 0 spiro atoms. The Balaban J connectivity index is 3.13. The van der Waals surface area contributed by atoms with Crippen molar-refractivity contribution in [2.75, 3.05) is 20.7 Å². The van der Waals surface area contributed by atoms with Gasteiger partial charge in [-0.15, -0.1) is 0 Å². The van der Waals surface area contributed by atoms with Crippen molar-refractivity contribution in [3.05, 3.63) is 28.8 Å². The van der Waals surface area contributed by atoms with Crippen LogP contribution in [0.25, 0.3) is 0 Å². The predicted octanol–water partition coefficient (Wildman–Crippen LogP) is 1.44. The molecule has 0 amide bonds. The fourth-order valence-electron chi connectivity index (χ4n) is 1.35. The summed E-state index contributed by atoms with van der Waals surface area (Å²) in [6, 6.07) is 4.58. The van der Waals surface area contributed by atoms with Crippen LogP contribution in [0.15, 0.2) is 23.1 Å². The Bertz CT molecular complexity index is 556. The lowest BCUT2D eigenvalue weighted by molar-refractivity contribution is -0.140. The molecule has 1 aromatic carbocycles. The van der Waals surface area contributed by atoms with Gasteiger partial charge in [-0.3, -0.25) is 4.79 Å². The first-order valence-electron chi connectivity index (χ1n) is 5.08. The number of sulfonamides is 1. The molecule has 0 aliphatic carbocycles. The van der Waals surface area contributed by atoms with E-state index in [9.17, 15) is 13.2 Å². The molecule has 0 aliphatic rings. The maximum Gasteiger partial charge on any atom is 0.321 e. The second kappa shape index (κ2) is 5.69. The van der Waals surface area contributed by atoms with E-state index in [1.807, 2.05) is 0 Å². The van der Waals surface area contributed by atoms with Crippen LogP contribution in [0.5, 0.6) is 0 Å². The molecule has 0 N–H and O–H groups in total. The van der Waals surface area contributed by atoms with E-state index in [4.69, 9.17) is 11.6 Å². The largest absolute Gasteiger partial charge is 0.468 e. The van der Waals surface area contributed by atoms with Crippen molar-refractivity contribution >= 4 is 27.6 Å². The summed E-state index contributed by atoms with van der Waals surface area (Å²) in [7, 11) is -1.24. The molecule has 0 fully saturated rings. The number of halogens is 1. The molecule has 18 heavy (non-hydrogen) atoms. The van der Waals surface area contributed by atoms with Crippen molar-refractivity contribution in [1.82, 2.24) is 4.31 Å². The Labute approximate surface area is 111 Å². The third-order valence-electron chi connectivity index (χ3n) is 2.42. The molecule has 0 saturated carbocycles. The van der Waals surface area contributed by atoms with Gasteiger partial charge in [0.25, 0.3) is 0 Å². The minimum absolute atomic E-state index is 0.0846. The highest BCUT2D eigenvalue weighted by molar-refractivity contribution is 7.89. The van der Waals surface area contributed by atoms with Crippen LogP contribution in [0.2, 0.25) is 5.02 Å². The smallest absolute Gasteiger partial charge is 0.321 e. The van der Waals surface area contributed by atoms with Crippen molar-refractivity contribution in [2.24, 2.45) is 0 Å². The van der Waals surface area contributed by atoms with Crippen LogP contribution in [0.4, 0.5) is 0 Å². The van der Waals surface area contributed by atoms with Gasteiger partial charge in [-0.25, -0.2) is 8.42 Å². The minimum atomic E-state index is -3.75. The van der Waals surface area contributed by atoms with Gasteiger partial charge in [0.15, 0.2) is 0 Å². The summed E-state index contributed by atoms with van der Waals surface area (Å²) in [6.45, 7) is 1.32. The van der Waals surface area contributed by atoms with Gasteiger partial charge in [-0.1, -0.05) is 17.7 Å². The van der Waals surface area contributed by atoms with E-state index in [-0.39, 0.29) is 11.4 Å². The van der Waals surface area contributed by atoms with Gasteiger partial charge >= 0.3 is 5.97 Å². The normalized spacial score (nSPS) is 11.6. The lowest BCUT2D eigenvalue weighted by Crippen LogP contribution is -2.33. The van der Waals surface area contributed by atoms with E-state index in [0.29, 0.717) is 10.6 Å². The molecule has 5 nitrogen and oxygen atoms in total. The minimum Gasteiger partial charge on any atom is -0.468 e. The van der Waals surface area contributed by atoms with Crippen LogP contribution in [0.3, 0.4) is 0 Å². The van der Waals surface area contributed by atoms with E-state index in [1.54, 1.807) is 19.1 Å². The molecular weight excluding hydrogens is 278 g/mol. The van der Waals surface area contributed by atoms with Gasteiger partial charge < -0.3 is 4.74 Å². The lowest BCUT2D eigenvalue weighted by atomic mass is 10.2. The molecule has 0 radical (unpaired) electrons. The van der Waals surface area contributed by atoms with Crippen molar-refractivity contribution in [3.63, 3.8) is 0 Å². The molecule has 0 bridgehead atoms. The summed E-state index contributed by atoms with van der Waals surface area (Å²) >= 11 is 5.79. The van der Waals surface area contributed by atoms with Crippen molar-refractivity contribution in [2.45, 2.75) is 11.8 Å². The fraction of sp³-hybridized carbons (Fsp3) is 0.364. The van der Waals surface area contributed by atoms with Crippen LogP contribution in [-0.2, 0) is 19.6 Å². The highest BCUT2D eigenvalue weighted by Crippen LogP contribution is 2.22. The molecule has 0 saturated heterocycles. The summed E-state index contributed by atoms with van der Waals surface area (Å²) in [5.41, 5.74) is 0.566. The molecule has 0 heterocycles. The van der Waals surface area contributed by atoms with Gasteiger partial charge in [0.05, 0.1) is 12.0 Å². The number of hydrogen-bond donors (Lipinski definition) is 0. The van der Waals surface area contributed by atoms with E-state index >= 15 is 0 Å².